The Labute approximate surface area is 218 Å². The molecule has 10 nitrogen and oxygen atoms in total. The molecule has 0 saturated heterocycles. The van der Waals surface area contributed by atoms with E-state index in [0.717, 1.165) is 0 Å². The molecule has 0 fully saturated rings. The van der Waals surface area contributed by atoms with Crippen LogP contribution >= 0.6 is 23.2 Å². The minimum Gasteiger partial charge on any atom is -0.481 e. The second-order valence-electron chi connectivity index (χ2n) is 7.49. The number of carbonyl (C=O) groups is 2. The lowest BCUT2D eigenvalue weighted by Gasteiger charge is -2.34. The fourth-order valence-corrected chi connectivity index (χ4v) is 4.39. The Kier molecular flexibility index (Phi) is 8.78. The summed E-state index contributed by atoms with van der Waals surface area (Å²) >= 11 is 12.9. The monoisotopic (exact) mass is 537 g/mol. The number of hydrogen-bond acceptors (Lipinski definition) is 10. The predicted octanol–water partition coefficient (Wildman–Crippen LogP) is 3.75. The van der Waals surface area contributed by atoms with Gasteiger partial charge < -0.3 is 29.0 Å². The number of methoxy groups -OCH3 is 5. The second kappa shape index (κ2) is 11.6. The lowest BCUT2D eigenvalue weighted by Crippen LogP contribution is -2.35. The number of aromatic nitrogens is 2. The molecule has 0 amide bonds. The summed E-state index contributed by atoms with van der Waals surface area (Å²) in [6.45, 7) is 1.67. The van der Waals surface area contributed by atoms with Crippen LogP contribution in [0.1, 0.15) is 30.2 Å². The standard InChI is InChI=1S/C24H25Cl2N3O7/c1-11-16(22(30)34-4)17(12-8-7-9-13(25)19(12)26)18(23(31)35-5)20(27-11)21(33-3)14-10-15(32-2)29-24(28-14)36-6/h7-10,17,21,27H,1-6H3. The highest BCUT2D eigenvalue weighted by Gasteiger charge is 2.42. The molecule has 2 unspecified atom stereocenters. The van der Waals surface area contributed by atoms with Gasteiger partial charge in [0.05, 0.1) is 66.9 Å². The van der Waals surface area contributed by atoms with E-state index >= 15 is 0 Å². The van der Waals surface area contributed by atoms with Crippen molar-refractivity contribution in [3.63, 3.8) is 0 Å². The predicted molar refractivity (Wildman–Crippen MR) is 131 cm³/mol. The van der Waals surface area contributed by atoms with Crippen molar-refractivity contribution in [1.82, 2.24) is 15.3 Å². The molecule has 0 aliphatic carbocycles. The summed E-state index contributed by atoms with van der Waals surface area (Å²) in [5.41, 5.74) is 1.58. The number of benzene rings is 1. The van der Waals surface area contributed by atoms with Crippen molar-refractivity contribution in [2.45, 2.75) is 18.9 Å². The maximum atomic E-state index is 13.3. The number of esters is 2. The van der Waals surface area contributed by atoms with Gasteiger partial charge in [-0.25, -0.2) is 9.59 Å². The molecule has 192 valence electrons. The van der Waals surface area contributed by atoms with Gasteiger partial charge in [-0.05, 0) is 18.6 Å². The lowest BCUT2D eigenvalue weighted by atomic mass is 9.79. The number of allylic oxidation sites excluding steroid dienone is 1. The van der Waals surface area contributed by atoms with Gasteiger partial charge in [0.1, 0.15) is 6.10 Å². The van der Waals surface area contributed by atoms with Gasteiger partial charge in [0.15, 0.2) is 0 Å². The fraction of sp³-hybridized carbons (Fsp3) is 0.333. The van der Waals surface area contributed by atoms with Crippen molar-refractivity contribution < 1.29 is 33.3 Å². The summed E-state index contributed by atoms with van der Waals surface area (Å²) < 4.78 is 26.4. The first-order chi connectivity index (χ1) is 17.2. The van der Waals surface area contributed by atoms with Crippen LogP contribution in [-0.2, 0) is 23.8 Å². The summed E-state index contributed by atoms with van der Waals surface area (Å²) in [5.74, 6) is -2.19. The highest BCUT2D eigenvalue weighted by atomic mass is 35.5. The molecule has 2 aromatic rings. The van der Waals surface area contributed by atoms with Crippen LogP contribution in [0.3, 0.4) is 0 Å². The highest BCUT2D eigenvalue weighted by molar-refractivity contribution is 6.42. The van der Waals surface area contributed by atoms with Crippen LogP contribution in [0, 0.1) is 0 Å². The van der Waals surface area contributed by atoms with Crippen molar-refractivity contribution in [3.05, 3.63) is 68.1 Å². The van der Waals surface area contributed by atoms with Crippen molar-refractivity contribution in [3.8, 4) is 11.9 Å². The van der Waals surface area contributed by atoms with E-state index in [4.69, 9.17) is 46.9 Å². The number of rotatable bonds is 8. The van der Waals surface area contributed by atoms with Gasteiger partial charge in [-0.1, -0.05) is 35.3 Å². The molecule has 2 heterocycles. The molecule has 1 aliphatic heterocycles. The Morgan fingerprint density at radius 2 is 1.64 bits per heavy atom. The van der Waals surface area contributed by atoms with Crippen molar-refractivity contribution in [1.29, 1.82) is 0 Å². The minimum absolute atomic E-state index is 0.0272. The van der Waals surface area contributed by atoms with Gasteiger partial charge in [0, 0.05) is 18.9 Å². The molecule has 0 spiro atoms. The van der Waals surface area contributed by atoms with E-state index in [0.29, 0.717) is 17.0 Å². The smallest absolute Gasteiger partial charge is 0.336 e. The fourth-order valence-electron chi connectivity index (χ4n) is 3.97. The summed E-state index contributed by atoms with van der Waals surface area (Å²) in [4.78, 5) is 34.7. The molecule has 3 rings (SSSR count). The highest BCUT2D eigenvalue weighted by Crippen LogP contribution is 2.46. The number of halogens is 2. The zero-order valence-electron chi connectivity index (χ0n) is 20.5. The number of nitrogens with one attached hydrogen (secondary N) is 1. The Balaban J connectivity index is 2.38. The molecule has 1 aromatic heterocycles. The lowest BCUT2D eigenvalue weighted by molar-refractivity contribution is -0.137. The average molecular weight is 538 g/mol. The largest absolute Gasteiger partial charge is 0.481 e. The zero-order valence-corrected chi connectivity index (χ0v) is 22.0. The maximum Gasteiger partial charge on any atom is 0.336 e. The average Bonchev–Trinajstić information content (AvgIpc) is 2.89. The topological polar surface area (TPSA) is 118 Å². The number of hydrogen-bond donors (Lipinski definition) is 1. The first kappa shape index (κ1) is 27.3. The summed E-state index contributed by atoms with van der Waals surface area (Å²) in [6, 6.07) is 6.50. The molecule has 36 heavy (non-hydrogen) atoms. The molecular formula is C24H25Cl2N3O7. The third-order valence-corrected chi connectivity index (χ3v) is 6.39. The second-order valence-corrected chi connectivity index (χ2v) is 8.27. The number of nitrogens with zero attached hydrogens (tertiary/aromatic N) is 2. The van der Waals surface area contributed by atoms with Crippen molar-refractivity contribution in [2.24, 2.45) is 0 Å². The van der Waals surface area contributed by atoms with Crippen LogP contribution in [0.2, 0.25) is 10.0 Å². The van der Waals surface area contributed by atoms with E-state index in [1.165, 1.54) is 41.6 Å². The molecular weight excluding hydrogens is 513 g/mol. The molecule has 1 N–H and O–H groups in total. The van der Waals surface area contributed by atoms with Gasteiger partial charge >= 0.3 is 17.9 Å². The minimum atomic E-state index is -1.00. The van der Waals surface area contributed by atoms with Crippen LogP contribution < -0.4 is 14.8 Å². The Morgan fingerprint density at radius 3 is 2.22 bits per heavy atom. The SMILES string of the molecule is COC(=O)C1=C(C)NC(C(OC)c2cc(OC)nc(OC)n2)=C(C(=O)OC)C1c1cccc(Cl)c1Cl. The van der Waals surface area contributed by atoms with Crippen molar-refractivity contribution in [2.75, 3.05) is 35.5 Å². The Morgan fingerprint density at radius 1 is 0.972 bits per heavy atom. The molecule has 0 bridgehead atoms. The molecule has 1 aromatic carbocycles. The van der Waals surface area contributed by atoms with E-state index in [9.17, 15) is 9.59 Å². The van der Waals surface area contributed by atoms with Crippen LogP contribution in [0.25, 0.3) is 0 Å². The first-order valence-corrected chi connectivity index (χ1v) is 11.3. The van der Waals surface area contributed by atoms with Gasteiger partial charge in [-0.3, -0.25) is 0 Å². The van der Waals surface area contributed by atoms with Crippen LogP contribution in [0.5, 0.6) is 11.9 Å². The van der Waals surface area contributed by atoms with E-state index < -0.39 is 24.0 Å². The van der Waals surface area contributed by atoms with E-state index in [2.05, 4.69) is 15.3 Å². The zero-order chi connectivity index (χ0) is 26.6. The quantitative estimate of drug-likeness (QED) is 0.498. The van der Waals surface area contributed by atoms with E-state index in [1.807, 2.05) is 0 Å². The summed E-state index contributed by atoms with van der Waals surface area (Å²) in [7, 11) is 6.76. The summed E-state index contributed by atoms with van der Waals surface area (Å²) in [6.07, 6.45) is -0.959. The number of dihydropyridines is 1. The van der Waals surface area contributed by atoms with Crippen molar-refractivity contribution >= 4 is 35.1 Å². The third kappa shape index (κ3) is 5.11. The molecule has 0 radical (unpaired) electrons. The molecule has 0 saturated carbocycles. The number of carbonyl (C=O) groups excluding carboxylic acids is 2. The molecule has 1 aliphatic rings. The van der Waals surface area contributed by atoms with Crippen LogP contribution in [0.4, 0.5) is 0 Å². The van der Waals surface area contributed by atoms with Gasteiger partial charge in [0.25, 0.3) is 0 Å². The van der Waals surface area contributed by atoms with Gasteiger partial charge in [-0.15, -0.1) is 0 Å². The van der Waals surface area contributed by atoms with Crippen LogP contribution in [-0.4, -0.2) is 57.5 Å². The van der Waals surface area contributed by atoms with Gasteiger partial charge in [-0.2, -0.15) is 9.97 Å². The normalized spacial score (nSPS) is 16.3. The Bertz CT molecular complexity index is 1220. The maximum absolute atomic E-state index is 13.3. The summed E-state index contributed by atoms with van der Waals surface area (Å²) in [5, 5.41) is 3.53. The van der Waals surface area contributed by atoms with Crippen LogP contribution in [0.15, 0.2) is 46.8 Å². The van der Waals surface area contributed by atoms with E-state index in [1.54, 1.807) is 25.1 Å². The van der Waals surface area contributed by atoms with Gasteiger partial charge in [0.2, 0.25) is 5.88 Å². The molecule has 2 atom stereocenters. The third-order valence-electron chi connectivity index (χ3n) is 5.56. The first-order valence-electron chi connectivity index (χ1n) is 10.5. The van der Waals surface area contributed by atoms with E-state index in [-0.39, 0.29) is 38.8 Å². The molecule has 12 heteroatoms. The Hall–Kier alpha value is -3.34. The number of ether oxygens (including phenoxy) is 5.